The Hall–Kier alpha value is -2.29. The highest BCUT2D eigenvalue weighted by molar-refractivity contribution is 9.11. The normalized spacial score (nSPS) is 11.1. The summed E-state index contributed by atoms with van der Waals surface area (Å²) in [7, 11) is 1.67. The largest absolute Gasteiger partial charge is 0.497 e. The summed E-state index contributed by atoms with van der Waals surface area (Å²) in [4.78, 5) is 17.1. The first-order valence-electron chi connectivity index (χ1n) is 10.8. The van der Waals surface area contributed by atoms with Crippen LogP contribution in [0.2, 0.25) is 0 Å². The van der Waals surface area contributed by atoms with E-state index in [1.807, 2.05) is 36.4 Å². The highest BCUT2D eigenvalue weighted by Crippen LogP contribution is 2.30. The van der Waals surface area contributed by atoms with Gasteiger partial charge < -0.3 is 14.0 Å². The molecule has 34 heavy (non-hydrogen) atoms. The summed E-state index contributed by atoms with van der Waals surface area (Å²) < 4.78 is 14.7. The zero-order valence-electron chi connectivity index (χ0n) is 18.9. The van der Waals surface area contributed by atoms with E-state index < -0.39 is 0 Å². The van der Waals surface area contributed by atoms with E-state index in [9.17, 15) is 4.79 Å². The summed E-state index contributed by atoms with van der Waals surface area (Å²) in [6.07, 6.45) is 0.852. The molecule has 0 unspecified atom stereocenters. The van der Waals surface area contributed by atoms with Crippen molar-refractivity contribution < 1.29 is 14.3 Å². The SMILES string of the molecule is CCOC(=O)c1ccc2c(c1)nc(SCc1cc(Br)cc(Br)c1)n2CCc1ccc(OC)cc1. The summed E-state index contributed by atoms with van der Waals surface area (Å²) in [5.41, 5.74) is 4.71. The van der Waals surface area contributed by atoms with Crippen LogP contribution in [0.5, 0.6) is 5.75 Å². The number of hydrogen-bond donors (Lipinski definition) is 0. The van der Waals surface area contributed by atoms with E-state index in [1.54, 1.807) is 25.8 Å². The number of carbonyl (C=O) groups is 1. The topological polar surface area (TPSA) is 53.3 Å². The van der Waals surface area contributed by atoms with E-state index in [1.165, 1.54) is 11.1 Å². The second-order valence-electron chi connectivity index (χ2n) is 7.63. The maximum absolute atomic E-state index is 12.2. The van der Waals surface area contributed by atoms with Gasteiger partial charge in [0.2, 0.25) is 0 Å². The van der Waals surface area contributed by atoms with Crippen LogP contribution in [0.3, 0.4) is 0 Å². The van der Waals surface area contributed by atoms with Gasteiger partial charge in [0.25, 0.3) is 0 Å². The Morgan fingerprint density at radius 3 is 2.41 bits per heavy atom. The highest BCUT2D eigenvalue weighted by Gasteiger charge is 2.15. The lowest BCUT2D eigenvalue weighted by Crippen LogP contribution is -2.05. The van der Waals surface area contributed by atoms with E-state index in [4.69, 9.17) is 14.5 Å². The molecular weight excluding hydrogens is 580 g/mol. The number of rotatable bonds is 9. The van der Waals surface area contributed by atoms with Crippen LogP contribution in [0, 0.1) is 0 Å². The third kappa shape index (κ3) is 6.03. The Morgan fingerprint density at radius 1 is 1.00 bits per heavy atom. The zero-order valence-corrected chi connectivity index (χ0v) is 22.9. The molecule has 1 heterocycles. The van der Waals surface area contributed by atoms with Gasteiger partial charge in [-0.2, -0.15) is 0 Å². The molecule has 0 aliphatic rings. The fourth-order valence-corrected chi connectivity index (χ4v) is 6.01. The molecule has 0 atom stereocenters. The Morgan fingerprint density at radius 2 is 1.74 bits per heavy atom. The first-order chi connectivity index (χ1) is 16.5. The molecule has 0 saturated carbocycles. The van der Waals surface area contributed by atoms with Crippen LogP contribution in [-0.2, 0) is 23.5 Å². The minimum atomic E-state index is -0.328. The summed E-state index contributed by atoms with van der Waals surface area (Å²) in [6.45, 7) is 2.92. The predicted octanol–water partition coefficient (Wildman–Crippen LogP) is 7.28. The molecule has 1 aromatic heterocycles. The van der Waals surface area contributed by atoms with Gasteiger partial charge in [-0.05, 0) is 73.0 Å². The number of nitrogens with zero attached hydrogens (tertiary/aromatic N) is 2. The van der Waals surface area contributed by atoms with Crippen LogP contribution in [0.25, 0.3) is 11.0 Å². The molecule has 0 saturated heterocycles. The van der Waals surface area contributed by atoms with E-state index >= 15 is 0 Å². The summed E-state index contributed by atoms with van der Waals surface area (Å²) in [5, 5.41) is 0.917. The summed E-state index contributed by atoms with van der Waals surface area (Å²) in [6, 6.07) is 20.0. The number of halogens is 2. The number of esters is 1. The Labute approximate surface area is 220 Å². The predicted molar refractivity (Wildman–Crippen MR) is 144 cm³/mol. The molecule has 0 bridgehead atoms. The van der Waals surface area contributed by atoms with Gasteiger partial charge in [0, 0.05) is 21.2 Å². The number of aryl methyl sites for hydroxylation is 2. The van der Waals surface area contributed by atoms with Crippen LogP contribution < -0.4 is 4.74 Å². The minimum absolute atomic E-state index is 0.328. The average molecular weight is 604 g/mol. The van der Waals surface area contributed by atoms with Gasteiger partial charge in [-0.1, -0.05) is 55.8 Å². The second-order valence-corrected chi connectivity index (χ2v) is 10.4. The molecule has 3 aromatic carbocycles. The van der Waals surface area contributed by atoms with Crippen LogP contribution >= 0.6 is 43.6 Å². The lowest BCUT2D eigenvalue weighted by Gasteiger charge is -2.10. The zero-order chi connectivity index (χ0) is 24.1. The van der Waals surface area contributed by atoms with Crippen LogP contribution in [-0.4, -0.2) is 29.2 Å². The first-order valence-corrected chi connectivity index (χ1v) is 13.4. The Balaban J connectivity index is 1.63. The third-order valence-corrected chi connectivity index (χ3v) is 7.26. The number of thioether (sulfide) groups is 1. The quantitative estimate of drug-likeness (QED) is 0.149. The fraction of sp³-hybridized carbons (Fsp3) is 0.231. The average Bonchev–Trinajstić information content (AvgIpc) is 3.18. The van der Waals surface area contributed by atoms with Gasteiger partial charge in [0.05, 0.1) is 30.3 Å². The van der Waals surface area contributed by atoms with Gasteiger partial charge in [-0.15, -0.1) is 0 Å². The lowest BCUT2D eigenvalue weighted by molar-refractivity contribution is 0.0526. The molecule has 5 nitrogen and oxygen atoms in total. The second kappa shape index (κ2) is 11.4. The Bertz CT molecular complexity index is 1290. The van der Waals surface area contributed by atoms with Gasteiger partial charge in [-0.3, -0.25) is 0 Å². The van der Waals surface area contributed by atoms with E-state index in [-0.39, 0.29) is 5.97 Å². The maximum atomic E-state index is 12.2. The lowest BCUT2D eigenvalue weighted by atomic mass is 10.1. The molecule has 4 rings (SSSR count). The van der Waals surface area contributed by atoms with Crippen molar-refractivity contribution in [2.24, 2.45) is 0 Å². The first kappa shape index (κ1) is 24.8. The number of benzene rings is 3. The van der Waals surface area contributed by atoms with Crippen molar-refractivity contribution in [1.29, 1.82) is 0 Å². The summed E-state index contributed by atoms with van der Waals surface area (Å²) in [5.74, 6) is 1.29. The molecule has 4 aromatic rings. The van der Waals surface area contributed by atoms with Crippen molar-refractivity contribution in [3.05, 3.63) is 86.3 Å². The van der Waals surface area contributed by atoms with E-state index in [0.29, 0.717) is 12.2 Å². The molecule has 0 amide bonds. The van der Waals surface area contributed by atoms with Crippen LogP contribution in [0.4, 0.5) is 0 Å². The van der Waals surface area contributed by atoms with Gasteiger partial charge in [0.1, 0.15) is 5.75 Å². The number of hydrogen-bond acceptors (Lipinski definition) is 5. The van der Waals surface area contributed by atoms with Crippen LogP contribution in [0.1, 0.15) is 28.4 Å². The van der Waals surface area contributed by atoms with Gasteiger partial charge >= 0.3 is 5.97 Å². The molecular formula is C26H24Br2N2O3S. The number of aromatic nitrogens is 2. The molecule has 176 valence electrons. The molecule has 0 radical (unpaired) electrons. The standard InChI is InChI=1S/C26H24Br2N2O3S/c1-3-33-25(31)19-6-9-24-23(14-19)29-26(34-16-18-12-20(27)15-21(28)13-18)30(24)11-10-17-4-7-22(32-2)8-5-17/h4-9,12-15H,3,10-11,16H2,1-2H3. The minimum Gasteiger partial charge on any atom is -0.497 e. The van der Waals surface area contributed by atoms with Crippen molar-refractivity contribution in [3.8, 4) is 5.75 Å². The van der Waals surface area contributed by atoms with Crippen molar-refractivity contribution in [1.82, 2.24) is 9.55 Å². The van der Waals surface area contributed by atoms with Crippen molar-refractivity contribution in [2.45, 2.75) is 30.8 Å². The van der Waals surface area contributed by atoms with Crippen molar-refractivity contribution >= 4 is 60.6 Å². The molecule has 0 N–H and O–H groups in total. The highest BCUT2D eigenvalue weighted by atomic mass is 79.9. The third-order valence-electron chi connectivity index (χ3n) is 5.30. The van der Waals surface area contributed by atoms with E-state index in [2.05, 4.69) is 60.7 Å². The molecule has 8 heteroatoms. The van der Waals surface area contributed by atoms with Crippen LogP contribution in [0.15, 0.2) is 74.8 Å². The molecule has 0 aliphatic carbocycles. The van der Waals surface area contributed by atoms with E-state index in [0.717, 1.165) is 49.6 Å². The summed E-state index contributed by atoms with van der Waals surface area (Å²) >= 11 is 8.81. The molecule has 0 spiro atoms. The van der Waals surface area contributed by atoms with Crippen molar-refractivity contribution in [2.75, 3.05) is 13.7 Å². The van der Waals surface area contributed by atoms with Gasteiger partial charge in [0.15, 0.2) is 5.16 Å². The molecule has 0 aliphatic heterocycles. The number of methoxy groups -OCH3 is 1. The number of fused-ring (bicyclic) bond motifs is 1. The maximum Gasteiger partial charge on any atom is 0.338 e. The number of imidazole rings is 1. The smallest absolute Gasteiger partial charge is 0.338 e. The number of ether oxygens (including phenoxy) is 2. The number of carbonyl (C=O) groups excluding carboxylic acids is 1. The Kier molecular flexibility index (Phi) is 8.34. The van der Waals surface area contributed by atoms with Crippen molar-refractivity contribution in [3.63, 3.8) is 0 Å². The molecule has 0 fully saturated rings. The fourth-order valence-electron chi connectivity index (χ4n) is 3.65. The van der Waals surface area contributed by atoms with Gasteiger partial charge in [-0.25, -0.2) is 9.78 Å². The monoisotopic (exact) mass is 602 g/mol.